The molecule has 3 aromatic heterocycles. The van der Waals surface area contributed by atoms with Crippen molar-refractivity contribution < 1.29 is 14.3 Å². The van der Waals surface area contributed by atoms with Crippen molar-refractivity contribution in [1.82, 2.24) is 29.7 Å². The Morgan fingerprint density at radius 3 is 2.93 bits per heavy atom. The van der Waals surface area contributed by atoms with Crippen molar-refractivity contribution in [2.75, 3.05) is 14.2 Å². The van der Waals surface area contributed by atoms with Gasteiger partial charge in [-0.05, 0) is 25.6 Å². The van der Waals surface area contributed by atoms with Crippen LogP contribution in [0.25, 0.3) is 5.65 Å². The van der Waals surface area contributed by atoms with Gasteiger partial charge in [0, 0.05) is 25.6 Å². The van der Waals surface area contributed by atoms with Crippen LogP contribution in [-0.4, -0.2) is 55.7 Å². The van der Waals surface area contributed by atoms with Gasteiger partial charge in [0.2, 0.25) is 5.82 Å². The molecule has 2 aliphatic heterocycles. The number of fused-ring (bicyclic) bond motifs is 2. The molecular formula is C19H21N7O3. The Hall–Kier alpha value is -3.27. The van der Waals surface area contributed by atoms with Crippen LogP contribution in [0.1, 0.15) is 36.1 Å². The number of pyridine rings is 1. The van der Waals surface area contributed by atoms with E-state index in [9.17, 15) is 0 Å². The summed E-state index contributed by atoms with van der Waals surface area (Å²) in [5, 5.41) is 17.0. The summed E-state index contributed by atoms with van der Waals surface area (Å²) < 4.78 is 13.0. The van der Waals surface area contributed by atoms with Crippen LogP contribution in [0.5, 0.6) is 11.6 Å². The van der Waals surface area contributed by atoms with E-state index in [1.807, 2.05) is 13.0 Å². The van der Waals surface area contributed by atoms with Crippen LogP contribution in [0.15, 0.2) is 23.4 Å². The van der Waals surface area contributed by atoms with Crippen LogP contribution in [0.2, 0.25) is 0 Å². The summed E-state index contributed by atoms with van der Waals surface area (Å²) in [6.45, 7) is 4.01. The van der Waals surface area contributed by atoms with Crippen molar-refractivity contribution in [3.8, 4) is 11.6 Å². The Balaban J connectivity index is 1.42. The van der Waals surface area contributed by atoms with E-state index in [-0.39, 0.29) is 12.7 Å². The molecule has 5 rings (SSSR count). The van der Waals surface area contributed by atoms with E-state index in [0.29, 0.717) is 35.2 Å². The molecule has 1 atom stereocenters. The zero-order valence-electron chi connectivity index (χ0n) is 16.5. The van der Waals surface area contributed by atoms with E-state index in [4.69, 9.17) is 19.3 Å². The molecule has 10 nitrogen and oxygen atoms in total. The minimum absolute atomic E-state index is 0.0104. The topological polar surface area (TPSA) is 99.3 Å². The van der Waals surface area contributed by atoms with Gasteiger partial charge in [0.05, 0.1) is 18.5 Å². The first-order valence-corrected chi connectivity index (χ1v) is 9.43. The maximum absolute atomic E-state index is 5.96. The maximum Gasteiger partial charge on any atom is 0.275 e. The predicted molar refractivity (Wildman–Crippen MR) is 103 cm³/mol. The first kappa shape index (κ1) is 17.8. The zero-order valence-corrected chi connectivity index (χ0v) is 16.5. The fourth-order valence-corrected chi connectivity index (χ4v) is 3.54. The Morgan fingerprint density at radius 1 is 1.24 bits per heavy atom. The average molecular weight is 395 g/mol. The number of rotatable bonds is 5. The molecule has 0 spiro atoms. The molecule has 0 N–H and O–H groups in total. The Bertz CT molecular complexity index is 1110. The lowest BCUT2D eigenvalue weighted by Crippen LogP contribution is -2.11. The Labute approximate surface area is 167 Å². The van der Waals surface area contributed by atoms with Gasteiger partial charge in [-0.25, -0.2) is 0 Å². The van der Waals surface area contributed by atoms with Crippen LogP contribution < -0.4 is 9.47 Å². The quantitative estimate of drug-likeness (QED) is 0.642. The first-order valence-electron chi connectivity index (χ1n) is 9.43. The summed E-state index contributed by atoms with van der Waals surface area (Å²) in [7, 11) is 3.65. The molecule has 0 amide bonds. The molecule has 1 unspecified atom stereocenters. The third-order valence-electron chi connectivity index (χ3n) is 4.97. The van der Waals surface area contributed by atoms with Gasteiger partial charge in [-0.2, -0.15) is 4.52 Å². The summed E-state index contributed by atoms with van der Waals surface area (Å²) in [6, 6.07) is 5.83. The lowest BCUT2D eigenvalue weighted by molar-refractivity contribution is 0.0995. The van der Waals surface area contributed by atoms with Gasteiger partial charge >= 0.3 is 0 Å². The number of ether oxygens (including phenoxy) is 2. The standard InChI is InChI=1S/C19H21N7O3/c1-11-6-14(24-29-11)18-22-21-17-7-16(27-3)19(23-26(17)18)28-10-13-5-4-12-8-25(2)9-15(12)20-13/h4-5,7,11H,6,8-10H2,1-3H3. The normalized spacial score (nSPS) is 18.6. The number of hydrogen-bond donors (Lipinski definition) is 0. The second-order valence-electron chi connectivity index (χ2n) is 7.34. The van der Waals surface area contributed by atoms with E-state index in [0.717, 1.165) is 24.5 Å². The van der Waals surface area contributed by atoms with E-state index >= 15 is 0 Å². The molecule has 0 saturated heterocycles. The highest BCUT2D eigenvalue weighted by atomic mass is 16.6. The van der Waals surface area contributed by atoms with Gasteiger partial charge in [-0.3, -0.25) is 9.88 Å². The summed E-state index contributed by atoms with van der Waals surface area (Å²) in [6.07, 6.45) is 0.661. The van der Waals surface area contributed by atoms with Gasteiger partial charge in [0.15, 0.2) is 11.4 Å². The summed E-state index contributed by atoms with van der Waals surface area (Å²) >= 11 is 0. The lowest BCUT2D eigenvalue weighted by atomic mass is 10.2. The van der Waals surface area contributed by atoms with Crippen molar-refractivity contribution in [1.29, 1.82) is 0 Å². The molecule has 0 fully saturated rings. The number of hydrogen-bond acceptors (Lipinski definition) is 9. The minimum atomic E-state index is 0.0104. The Morgan fingerprint density at radius 2 is 2.14 bits per heavy atom. The van der Waals surface area contributed by atoms with Crippen molar-refractivity contribution in [2.45, 2.75) is 39.1 Å². The van der Waals surface area contributed by atoms with Gasteiger partial charge in [0.25, 0.3) is 5.88 Å². The molecule has 0 aromatic carbocycles. The van der Waals surface area contributed by atoms with Crippen molar-refractivity contribution in [2.24, 2.45) is 5.16 Å². The molecule has 29 heavy (non-hydrogen) atoms. The van der Waals surface area contributed by atoms with Crippen molar-refractivity contribution in [3.63, 3.8) is 0 Å². The van der Waals surface area contributed by atoms with Gasteiger partial charge in [0.1, 0.15) is 18.4 Å². The largest absolute Gasteiger partial charge is 0.491 e. The van der Waals surface area contributed by atoms with E-state index < -0.39 is 0 Å². The van der Waals surface area contributed by atoms with Gasteiger partial charge in [-0.15, -0.1) is 15.3 Å². The Kier molecular flexibility index (Phi) is 4.27. The highest BCUT2D eigenvalue weighted by molar-refractivity contribution is 5.98. The molecule has 0 bridgehead atoms. The average Bonchev–Trinajstić information content (AvgIpc) is 3.41. The molecule has 0 saturated carbocycles. The number of nitrogens with zero attached hydrogens (tertiary/aromatic N) is 7. The number of methoxy groups -OCH3 is 1. The van der Waals surface area contributed by atoms with E-state index in [1.165, 1.54) is 5.56 Å². The van der Waals surface area contributed by atoms with Crippen molar-refractivity contribution in [3.05, 3.63) is 41.0 Å². The molecule has 2 aliphatic rings. The lowest BCUT2D eigenvalue weighted by Gasteiger charge is -2.10. The fraction of sp³-hybridized carbons (Fsp3) is 0.421. The van der Waals surface area contributed by atoms with E-state index in [2.05, 4.69) is 38.5 Å². The molecule has 0 aliphatic carbocycles. The third kappa shape index (κ3) is 3.25. The molecule has 10 heteroatoms. The maximum atomic E-state index is 5.96. The summed E-state index contributed by atoms with van der Waals surface area (Å²) in [5.74, 6) is 1.36. The van der Waals surface area contributed by atoms with Crippen molar-refractivity contribution >= 4 is 11.4 Å². The minimum Gasteiger partial charge on any atom is -0.491 e. The predicted octanol–water partition coefficient (Wildman–Crippen LogP) is 1.57. The van der Waals surface area contributed by atoms with Gasteiger partial charge < -0.3 is 14.3 Å². The second kappa shape index (κ2) is 6.96. The van der Waals surface area contributed by atoms with Crippen LogP contribution >= 0.6 is 0 Å². The van der Waals surface area contributed by atoms with Gasteiger partial charge in [-0.1, -0.05) is 11.2 Å². The zero-order chi connectivity index (χ0) is 20.0. The fourth-order valence-electron chi connectivity index (χ4n) is 3.54. The smallest absolute Gasteiger partial charge is 0.275 e. The molecule has 3 aromatic rings. The number of aromatic nitrogens is 5. The van der Waals surface area contributed by atoms with Crippen LogP contribution in [0, 0.1) is 0 Å². The second-order valence-corrected chi connectivity index (χ2v) is 7.34. The number of oxime groups is 1. The van der Waals surface area contributed by atoms with Crippen LogP contribution in [0.3, 0.4) is 0 Å². The van der Waals surface area contributed by atoms with Crippen LogP contribution in [-0.2, 0) is 24.5 Å². The highest BCUT2D eigenvalue weighted by Crippen LogP contribution is 2.27. The van der Waals surface area contributed by atoms with Crippen LogP contribution in [0.4, 0.5) is 0 Å². The first-order chi connectivity index (χ1) is 14.1. The van der Waals surface area contributed by atoms with E-state index in [1.54, 1.807) is 17.7 Å². The highest BCUT2D eigenvalue weighted by Gasteiger charge is 2.24. The SMILES string of the molecule is COc1cc2nnc(C3=NOC(C)C3)n2nc1OCc1ccc2c(n1)CN(C)C2. The monoisotopic (exact) mass is 395 g/mol. The summed E-state index contributed by atoms with van der Waals surface area (Å²) in [5.41, 5.74) is 4.45. The molecule has 0 radical (unpaired) electrons. The summed E-state index contributed by atoms with van der Waals surface area (Å²) in [4.78, 5) is 12.2. The molecule has 5 heterocycles. The third-order valence-corrected chi connectivity index (χ3v) is 4.97. The molecular weight excluding hydrogens is 374 g/mol. The molecule has 150 valence electrons.